The highest BCUT2D eigenvalue weighted by atomic mass is 14.3. The van der Waals surface area contributed by atoms with Gasteiger partial charge in [-0.2, -0.15) is 0 Å². The third-order valence-corrected chi connectivity index (χ3v) is 3.68. The molecule has 0 heterocycles. The molecule has 0 radical (unpaired) electrons. The highest BCUT2D eigenvalue weighted by molar-refractivity contribution is 5.36. The summed E-state index contributed by atoms with van der Waals surface area (Å²) in [6, 6.07) is 0. The molecule has 0 aromatic heterocycles. The van der Waals surface area contributed by atoms with Crippen LogP contribution in [-0.4, -0.2) is 0 Å². The third kappa shape index (κ3) is 1.20. The average molecular weight is 172 g/mol. The highest BCUT2D eigenvalue weighted by Crippen LogP contribution is 2.43. The molecule has 0 heteroatoms. The molecule has 0 nitrogen and oxygen atoms in total. The van der Waals surface area contributed by atoms with Crippen molar-refractivity contribution in [2.24, 2.45) is 11.8 Å². The Hall–Kier alpha value is -0.780. The van der Waals surface area contributed by atoms with Gasteiger partial charge in [0.05, 0.1) is 0 Å². The van der Waals surface area contributed by atoms with Crippen LogP contribution in [0.2, 0.25) is 0 Å². The van der Waals surface area contributed by atoms with Gasteiger partial charge >= 0.3 is 0 Å². The lowest BCUT2D eigenvalue weighted by Gasteiger charge is -2.35. The predicted molar refractivity (Wildman–Crippen MR) is 55.4 cm³/mol. The van der Waals surface area contributed by atoms with E-state index in [1.165, 1.54) is 32.1 Å². The molecule has 3 aliphatic rings. The van der Waals surface area contributed by atoms with Crippen LogP contribution in [0, 0.1) is 11.8 Å². The monoisotopic (exact) mass is 172 g/mol. The van der Waals surface area contributed by atoms with E-state index in [0.29, 0.717) is 0 Å². The summed E-state index contributed by atoms with van der Waals surface area (Å²) in [5.41, 5.74) is 3.47. The molecule has 0 fully saturated rings. The Morgan fingerprint density at radius 3 is 3.23 bits per heavy atom. The zero-order chi connectivity index (χ0) is 8.67. The smallest absolute Gasteiger partial charge is 0.0122 e. The van der Waals surface area contributed by atoms with E-state index in [1.54, 1.807) is 11.1 Å². The molecule has 2 atom stereocenters. The van der Waals surface area contributed by atoms with E-state index < -0.39 is 0 Å². The summed E-state index contributed by atoms with van der Waals surface area (Å²) in [5, 5.41) is 0. The number of rotatable bonds is 0. The molecule has 0 saturated heterocycles. The first-order valence-corrected chi connectivity index (χ1v) is 5.48. The number of allylic oxidation sites excluding steroid dienone is 6. The molecule has 3 rings (SSSR count). The molecule has 2 unspecified atom stereocenters. The maximum absolute atomic E-state index is 2.44. The summed E-state index contributed by atoms with van der Waals surface area (Å²) in [6.45, 7) is 0. The van der Waals surface area contributed by atoms with Crippen molar-refractivity contribution in [1.29, 1.82) is 0 Å². The molecule has 0 aliphatic heterocycles. The first-order valence-electron chi connectivity index (χ1n) is 5.48. The minimum absolute atomic E-state index is 0.871. The van der Waals surface area contributed by atoms with Crippen molar-refractivity contribution in [2.45, 2.75) is 32.1 Å². The lowest BCUT2D eigenvalue weighted by molar-refractivity contribution is 0.407. The molecule has 0 spiro atoms. The number of hydrogen-bond acceptors (Lipinski definition) is 0. The van der Waals surface area contributed by atoms with Crippen molar-refractivity contribution in [3.05, 3.63) is 35.5 Å². The minimum Gasteiger partial charge on any atom is -0.0876 e. The van der Waals surface area contributed by atoms with Gasteiger partial charge in [-0.05, 0) is 49.5 Å². The van der Waals surface area contributed by atoms with Gasteiger partial charge in [-0.3, -0.25) is 0 Å². The first-order chi connectivity index (χ1) is 6.43. The highest BCUT2D eigenvalue weighted by Gasteiger charge is 2.28. The van der Waals surface area contributed by atoms with Gasteiger partial charge in [-0.25, -0.2) is 0 Å². The molecular weight excluding hydrogens is 156 g/mol. The molecule has 13 heavy (non-hydrogen) atoms. The zero-order valence-electron chi connectivity index (χ0n) is 8.00. The number of hydrogen-bond donors (Lipinski definition) is 0. The Balaban J connectivity index is 1.99. The van der Waals surface area contributed by atoms with Crippen LogP contribution in [0.3, 0.4) is 0 Å². The normalized spacial score (nSPS) is 36.3. The Bertz CT molecular complexity index is 304. The summed E-state index contributed by atoms with van der Waals surface area (Å²) in [6.07, 6.45) is 16.3. The maximum atomic E-state index is 2.44. The molecule has 68 valence electrons. The van der Waals surface area contributed by atoms with Crippen LogP contribution in [0.5, 0.6) is 0 Å². The van der Waals surface area contributed by atoms with Gasteiger partial charge in [-0.15, -0.1) is 0 Å². The van der Waals surface area contributed by atoms with Crippen LogP contribution in [-0.2, 0) is 0 Å². The quantitative estimate of drug-likeness (QED) is 0.489. The molecular formula is C13H16. The summed E-state index contributed by atoms with van der Waals surface area (Å²) in [7, 11) is 0. The molecule has 0 amide bonds. The van der Waals surface area contributed by atoms with E-state index in [4.69, 9.17) is 0 Å². The molecule has 0 N–H and O–H groups in total. The summed E-state index contributed by atoms with van der Waals surface area (Å²) in [5.74, 6) is 1.75. The van der Waals surface area contributed by atoms with Gasteiger partial charge in [0.25, 0.3) is 0 Å². The predicted octanol–water partition coefficient (Wildman–Crippen LogP) is 3.62. The van der Waals surface area contributed by atoms with Gasteiger partial charge in [0.2, 0.25) is 0 Å². The van der Waals surface area contributed by atoms with Crippen LogP contribution in [0.25, 0.3) is 0 Å². The standard InChI is InChI=1S/C13H16/c1-2-7-13-11(5-1)8-10-4-3-6-12(13)9-10/h2-4,7,10,12H,1,5-6,8-9H2. The SMILES string of the molecule is C1=CC2=C(CC1)CC1C=CCC2C1. The van der Waals surface area contributed by atoms with Gasteiger partial charge in [0, 0.05) is 0 Å². The van der Waals surface area contributed by atoms with Crippen molar-refractivity contribution in [1.82, 2.24) is 0 Å². The topological polar surface area (TPSA) is 0 Å². The van der Waals surface area contributed by atoms with E-state index >= 15 is 0 Å². The Labute approximate surface area is 80.0 Å². The van der Waals surface area contributed by atoms with Crippen molar-refractivity contribution in [3.63, 3.8) is 0 Å². The maximum Gasteiger partial charge on any atom is -0.0122 e. The molecule has 0 aromatic rings. The third-order valence-electron chi connectivity index (χ3n) is 3.68. The van der Waals surface area contributed by atoms with E-state index in [9.17, 15) is 0 Å². The average Bonchev–Trinajstić information content (AvgIpc) is 2.18. The van der Waals surface area contributed by atoms with E-state index in [2.05, 4.69) is 24.3 Å². The number of fused-ring (bicyclic) bond motifs is 3. The summed E-state index contributed by atoms with van der Waals surface area (Å²) < 4.78 is 0. The van der Waals surface area contributed by atoms with Crippen molar-refractivity contribution in [2.75, 3.05) is 0 Å². The second-order valence-corrected chi connectivity index (χ2v) is 4.56. The van der Waals surface area contributed by atoms with Crippen molar-refractivity contribution in [3.8, 4) is 0 Å². The molecule has 2 bridgehead atoms. The molecule has 0 saturated carbocycles. The van der Waals surface area contributed by atoms with Gasteiger partial charge in [-0.1, -0.05) is 29.9 Å². The van der Waals surface area contributed by atoms with E-state index in [1.807, 2.05) is 0 Å². The summed E-state index contributed by atoms with van der Waals surface area (Å²) in [4.78, 5) is 0. The van der Waals surface area contributed by atoms with Crippen LogP contribution < -0.4 is 0 Å². The second-order valence-electron chi connectivity index (χ2n) is 4.56. The van der Waals surface area contributed by atoms with E-state index in [-0.39, 0.29) is 0 Å². The van der Waals surface area contributed by atoms with Crippen LogP contribution >= 0.6 is 0 Å². The van der Waals surface area contributed by atoms with Crippen LogP contribution in [0.15, 0.2) is 35.5 Å². The van der Waals surface area contributed by atoms with Crippen LogP contribution in [0.4, 0.5) is 0 Å². The zero-order valence-corrected chi connectivity index (χ0v) is 8.00. The van der Waals surface area contributed by atoms with Gasteiger partial charge in [0.1, 0.15) is 0 Å². The van der Waals surface area contributed by atoms with Crippen molar-refractivity contribution >= 4 is 0 Å². The van der Waals surface area contributed by atoms with Crippen molar-refractivity contribution < 1.29 is 0 Å². The minimum atomic E-state index is 0.871. The van der Waals surface area contributed by atoms with Gasteiger partial charge in [0.15, 0.2) is 0 Å². The fourth-order valence-electron chi connectivity index (χ4n) is 3.07. The summed E-state index contributed by atoms with van der Waals surface area (Å²) >= 11 is 0. The Morgan fingerprint density at radius 2 is 2.23 bits per heavy atom. The lowest BCUT2D eigenvalue weighted by Crippen LogP contribution is -2.21. The molecule has 3 aliphatic carbocycles. The Morgan fingerprint density at radius 1 is 1.23 bits per heavy atom. The van der Waals surface area contributed by atoms with Gasteiger partial charge < -0.3 is 0 Å². The lowest BCUT2D eigenvalue weighted by atomic mass is 9.70. The Kier molecular flexibility index (Phi) is 1.68. The second kappa shape index (κ2) is 2.87. The fourth-order valence-corrected chi connectivity index (χ4v) is 3.07. The van der Waals surface area contributed by atoms with Crippen LogP contribution in [0.1, 0.15) is 32.1 Å². The fraction of sp³-hybridized carbons (Fsp3) is 0.538. The van der Waals surface area contributed by atoms with E-state index in [0.717, 1.165) is 11.8 Å². The first kappa shape index (κ1) is 7.61. The largest absolute Gasteiger partial charge is 0.0876 e. The molecule has 0 aromatic carbocycles.